The van der Waals surface area contributed by atoms with E-state index < -0.39 is 6.10 Å². The molecule has 0 aliphatic carbocycles. The zero-order valence-electron chi connectivity index (χ0n) is 20.9. The zero-order chi connectivity index (χ0) is 25.2. The summed E-state index contributed by atoms with van der Waals surface area (Å²) in [6, 6.07) is 18.4. The van der Waals surface area contributed by atoms with Crippen LogP contribution in [0.2, 0.25) is 0 Å². The Morgan fingerprint density at radius 1 is 1.00 bits per heavy atom. The largest absolute Gasteiger partial charge is 0.492 e. The van der Waals surface area contributed by atoms with Crippen LogP contribution in [-0.2, 0) is 22.5 Å². The molecule has 3 rings (SSSR count). The van der Waals surface area contributed by atoms with Crippen LogP contribution >= 0.6 is 0 Å². The van der Waals surface area contributed by atoms with Crippen LogP contribution in [0, 0.1) is 5.92 Å². The van der Waals surface area contributed by atoms with E-state index in [1.54, 1.807) is 41.8 Å². The molecule has 7 heteroatoms. The summed E-state index contributed by atoms with van der Waals surface area (Å²) in [4.78, 5) is 29.7. The molecule has 3 aromatic rings. The summed E-state index contributed by atoms with van der Waals surface area (Å²) in [7, 11) is 0. The Hall–Kier alpha value is -3.61. The van der Waals surface area contributed by atoms with Gasteiger partial charge in [-0.1, -0.05) is 51.1 Å². The maximum atomic E-state index is 12.8. The third-order valence-electron chi connectivity index (χ3n) is 5.39. The van der Waals surface area contributed by atoms with Gasteiger partial charge in [-0.2, -0.15) is 0 Å². The van der Waals surface area contributed by atoms with Crippen molar-refractivity contribution in [1.29, 1.82) is 0 Å². The van der Waals surface area contributed by atoms with Gasteiger partial charge in [0.2, 0.25) is 0 Å². The van der Waals surface area contributed by atoms with E-state index in [1.807, 2.05) is 51.1 Å². The predicted molar refractivity (Wildman–Crippen MR) is 136 cm³/mol. The van der Waals surface area contributed by atoms with Crippen molar-refractivity contribution in [3.8, 4) is 22.8 Å². The first-order chi connectivity index (χ1) is 16.9. The monoisotopic (exact) mass is 478 g/mol. The lowest BCUT2D eigenvalue weighted by atomic mass is 10.1. The number of aryl methyl sites for hydroxylation is 1. The Kier molecular flexibility index (Phi) is 9.47. The maximum Gasteiger partial charge on any atom is 0.347 e. The van der Waals surface area contributed by atoms with Crippen LogP contribution in [0.25, 0.3) is 11.3 Å². The van der Waals surface area contributed by atoms with Crippen LogP contribution in [0.5, 0.6) is 11.5 Å². The van der Waals surface area contributed by atoms with E-state index in [4.69, 9.17) is 14.2 Å². The van der Waals surface area contributed by atoms with E-state index in [2.05, 4.69) is 4.98 Å². The number of rotatable bonds is 12. The molecule has 1 atom stereocenters. The second-order valence-electron chi connectivity index (χ2n) is 8.58. The molecule has 1 aromatic heterocycles. The summed E-state index contributed by atoms with van der Waals surface area (Å²) in [5, 5.41) is 0. The van der Waals surface area contributed by atoms with Gasteiger partial charge in [0.05, 0.1) is 18.8 Å². The molecule has 0 saturated carbocycles. The van der Waals surface area contributed by atoms with Crippen LogP contribution in [0.4, 0.5) is 0 Å². The predicted octanol–water partition coefficient (Wildman–Crippen LogP) is 4.91. The summed E-state index contributed by atoms with van der Waals surface area (Å²) in [5.41, 5.74) is 1.50. The highest BCUT2D eigenvalue weighted by Gasteiger charge is 2.23. The summed E-state index contributed by atoms with van der Waals surface area (Å²) < 4.78 is 18.5. The quantitative estimate of drug-likeness (QED) is 0.344. The zero-order valence-corrected chi connectivity index (χ0v) is 20.9. The molecule has 0 bridgehead atoms. The van der Waals surface area contributed by atoms with E-state index in [-0.39, 0.29) is 11.5 Å². The van der Waals surface area contributed by atoms with E-state index >= 15 is 0 Å². The van der Waals surface area contributed by atoms with Crippen LogP contribution in [0.1, 0.15) is 39.9 Å². The minimum atomic E-state index is -0.646. The summed E-state index contributed by atoms with van der Waals surface area (Å²) >= 11 is 0. The van der Waals surface area contributed by atoms with Gasteiger partial charge in [0.1, 0.15) is 23.9 Å². The van der Waals surface area contributed by atoms with Gasteiger partial charge < -0.3 is 14.2 Å². The molecule has 0 spiro atoms. The highest BCUT2D eigenvalue weighted by molar-refractivity contribution is 5.75. The molecule has 35 heavy (non-hydrogen) atoms. The fraction of sp³-hybridized carbons (Fsp3) is 0.393. The van der Waals surface area contributed by atoms with Gasteiger partial charge in [-0.05, 0) is 43.5 Å². The van der Waals surface area contributed by atoms with E-state index in [0.717, 1.165) is 11.4 Å². The lowest BCUT2D eigenvalue weighted by Gasteiger charge is -2.19. The molecule has 7 nitrogen and oxygen atoms in total. The Bertz CT molecular complexity index is 1140. The van der Waals surface area contributed by atoms with Crippen molar-refractivity contribution in [3.05, 3.63) is 76.8 Å². The molecule has 0 saturated heterocycles. The van der Waals surface area contributed by atoms with Gasteiger partial charge in [0.25, 0.3) is 5.56 Å². The summed E-state index contributed by atoms with van der Waals surface area (Å²) in [6.45, 7) is 8.85. The van der Waals surface area contributed by atoms with E-state index in [0.29, 0.717) is 55.7 Å². The third-order valence-corrected chi connectivity index (χ3v) is 5.39. The highest BCUT2D eigenvalue weighted by atomic mass is 16.6. The molecule has 0 fully saturated rings. The number of ether oxygens (including phenoxy) is 3. The molecule has 2 aromatic carbocycles. The fourth-order valence-electron chi connectivity index (χ4n) is 3.71. The van der Waals surface area contributed by atoms with Gasteiger partial charge in [-0.15, -0.1) is 0 Å². The molecule has 1 heterocycles. The van der Waals surface area contributed by atoms with Crippen molar-refractivity contribution in [3.63, 3.8) is 0 Å². The average Bonchev–Trinajstić information content (AvgIpc) is 2.85. The SMILES string of the molecule is CCOC(=O)[C@H](CC(C)C)Oc1ccc(OCCn2c(CC)nc(-c3ccccc3)cc2=O)cc1. The first-order valence-electron chi connectivity index (χ1n) is 12.1. The number of esters is 1. The van der Waals surface area contributed by atoms with Crippen molar-refractivity contribution in [2.75, 3.05) is 13.2 Å². The first kappa shape index (κ1) is 26.0. The maximum absolute atomic E-state index is 12.8. The molecule has 186 valence electrons. The van der Waals surface area contributed by atoms with Crippen molar-refractivity contribution < 1.29 is 19.0 Å². The van der Waals surface area contributed by atoms with Crippen LogP contribution in [0.15, 0.2) is 65.5 Å². The fourth-order valence-corrected chi connectivity index (χ4v) is 3.71. The second kappa shape index (κ2) is 12.7. The smallest absolute Gasteiger partial charge is 0.347 e. The number of carbonyl (C=O) groups is 1. The van der Waals surface area contributed by atoms with E-state index in [1.165, 1.54) is 0 Å². The summed E-state index contributed by atoms with van der Waals surface area (Å²) in [6.07, 6.45) is 0.565. The minimum Gasteiger partial charge on any atom is -0.492 e. The highest BCUT2D eigenvalue weighted by Crippen LogP contribution is 2.21. The van der Waals surface area contributed by atoms with Gasteiger partial charge in [0.15, 0.2) is 6.10 Å². The van der Waals surface area contributed by atoms with E-state index in [9.17, 15) is 9.59 Å². The minimum absolute atomic E-state index is 0.0989. The van der Waals surface area contributed by atoms with Crippen LogP contribution in [-0.4, -0.2) is 34.8 Å². The number of aromatic nitrogens is 2. The molecule has 0 N–H and O–H groups in total. The molecule has 0 amide bonds. The van der Waals surface area contributed by atoms with Gasteiger partial charge in [0, 0.05) is 18.1 Å². The topological polar surface area (TPSA) is 79.7 Å². The molecule has 0 aliphatic rings. The average molecular weight is 479 g/mol. The number of nitrogens with zero attached hydrogens (tertiary/aromatic N) is 2. The molecule has 0 radical (unpaired) electrons. The van der Waals surface area contributed by atoms with Gasteiger partial charge in [-0.25, -0.2) is 9.78 Å². The molecule has 0 aliphatic heterocycles. The van der Waals surface area contributed by atoms with Crippen molar-refractivity contribution in [2.24, 2.45) is 5.92 Å². The van der Waals surface area contributed by atoms with Crippen molar-refractivity contribution >= 4 is 5.97 Å². The Labute approximate surface area is 206 Å². The Balaban J connectivity index is 1.61. The van der Waals surface area contributed by atoms with Crippen molar-refractivity contribution in [2.45, 2.75) is 53.2 Å². The lowest BCUT2D eigenvalue weighted by Crippen LogP contribution is -2.30. The number of hydrogen-bond donors (Lipinski definition) is 0. The summed E-state index contributed by atoms with van der Waals surface area (Å²) in [5.74, 6) is 1.87. The number of benzene rings is 2. The van der Waals surface area contributed by atoms with Crippen LogP contribution < -0.4 is 15.0 Å². The molecule has 0 unspecified atom stereocenters. The van der Waals surface area contributed by atoms with Crippen molar-refractivity contribution in [1.82, 2.24) is 9.55 Å². The Morgan fingerprint density at radius 3 is 2.31 bits per heavy atom. The van der Waals surface area contributed by atoms with Gasteiger partial charge >= 0.3 is 5.97 Å². The Morgan fingerprint density at radius 2 is 1.69 bits per heavy atom. The number of carbonyl (C=O) groups excluding carboxylic acids is 1. The normalized spacial score (nSPS) is 11.8. The first-order valence-corrected chi connectivity index (χ1v) is 12.1. The second-order valence-corrected chi connectivity index (χ2v) is 8.58. The molecular formula is C28H34N2O5. The molecular weight excluding hydrogens is 444 g/mol. The standard InChI is InChI=1S/C28H34N2O5/c1-5-26-29-24(21-10-8-7-9-11-21)19-27(31)30(26)16-17-34-22-12-14-23(15-13-22)35-25(18-20(3)4)28(32)33-6-2/h7-15,19-20,25H,5-6,16-18H2,1-4H3/t25-/m0/s1. The lowest BCUT2D eigenvalue weighted by molar-refractivity contribution is -0.152. The van der Waals surface area contributed by atoms with Crippen LogP contribution in [0.3, 0.4) is 0 Å². The number of hydrogen-bond acceptors (Lipinski definition) is 6. The van der Waals surface area contributed by atoms with Gasteiger partial charge in [-0.3, -0.25) is 9.36 Å². The third kappa shape index (κ3) is 7.44.